The Morgan fingerprint density at radius 1 is 1.04 bits per heavy atom. The fourth-order valence-corrected chi connectivity index (χ4v) is 2.39. The second-order valence-corrected chi connectivity index (χ2v) is 6.29. The van der Waals surface area contributed by atoms with Gasteiger partial charge in [-0.05, 0) is 38.5 Å². The molecule has 0 saturated heterocycles. The van der Waals surface area contributed by atoms with E-state index in [-0.39, 0.29) is 6.10 Å². The number of hydrogen-bond donors (Lipinski definition) is 2. The lowest BCUT2D eigenvalue weighted by Crippen LogP contribution is -2.09. The molecule has 0 unspecified atom stereocenters. The highest BCUT2D eigenvalue weighted by atomic mass is 16.5. The molecule has 0 atom stereocenters. The minimum absolute atomic E-state index is 0.0909. The second kappa shape index (κ2) is 8.29. The Morgan fingerprint density at radius 2 is 1.81 bits per heavy atom. The fourth-order valence-electron chi connectivity index (χ4n) is 2.39. The van der Waals surface area contributed by atoms with Crippen LogP contribution in [0, 0.1) is 6.92 Å². The molecule has 0 radical (unpaired) electrons. The highest BCUT2D eigenvalue weighted by Gasteiger charge is 2.07. The van der Waals surface area contributed by atoms with Gasteiger partial charge in [-0.25, -0.2) is 0 Å². The van der Waals surface area contributed by atoms with Crippen LogP contribution in [0.3, 0.4) is 0 Å². The summed E-state index contributed by atoms with van der Waals surface area (Å²) >= 11 is 0. The maximum Gasteiger partial charge on any atom is 0.244 e. The number of hydrogen-bond acceptors (Lipinski definition) is 6. The maximum atomic E-state index is 5.82. The van der Waals surface area contributed by atoms with Crippen molar-refractivity contribution in [2.75, 3.05) is 10.6 Å². The molecule has 0 saturated carbocycles. The van der Waals surface area contributed by atoms with Gasteiger partial charge >= 0.3 is 0 Å². The Hall–Kier alpha value is -3.15. The average molecular weight is 349 g/mol. The Kier molecular flexibility index (Phi) is 5.63. The molecule has 3 aromatic rings. The van der Waals surface area contributed by atoms with Crippen molar-refractivity contribution in [3.63, 3.8) is 0 Å². The Labute approximate surface area is 153 Å². The molecule has 0 aliphatic rings. The molecule has 0 bridgehead atoms. The van der Waals surface area contributed by atoms with Gasteiger partial charge in [0.2, 0.25) is 5.95 Å². The minimum Gasteiger partial charge on any atom is -0.489 e. The summed E-state index contributed by atoms with van der Waals surface area (Å²) in [7, 11) is 0. The van der Waals surface area contributed by atoms with E-state index in [1.807, 2.05) is 38.1 Å². The second-order valence-electron chi connectivity index (χ2n) is 6.29. The zero-order chi connectivity index (χ0) is 18.4. The van der Waals surface area contributed by atoms with Crippen LogP contribution in [-0.2, 0) is 6.54 Å². The summed E-state index contributed by atoms with van der Waals surface area (Å²) in [6.07, 6.45) is 1.68. The molecule has 3 rings (SSSR count). The van der Waals surface area contributed by atoms with Crippen molar-refractivity contribution in [1.29, 1.82) is 0 Å². The highest BCUT2D eigenvalue weighted by Crippen LogP contribution is 2.27. The van der Waals surface area contributed by atoms with E-state index in [0.717, 1.165) is 17.0 Å². The maximum absolute atomic E-state index is 5.82. The molecule has 0 amide bonds. The Bertz CT molecular complexity index is 849. The van der Waals surface area contributed by atoms with E-state index in [4.69, 9.17) is 4.74 Å². The topological polar surface area (TPSA) is 72.0 Å². The van der Waals surface area contributed by atoms with E-state index in [1.165, 1.54) is 5.56 Å². The van der Waals surface area contributed by atoms with Crippen molar-refractivity contribution in [3.05, 3.63) is 65.9 Å². The SMILES string of the molecule is Cc1ccc(CNc2nncc(Nc3ccccc3OC(C)C)n2)cc1. The van der Waals surface area contributed by atoms with E-state index in [0.29, 0.717) is 18.3 Å². The monoisotopic (exact) mass is 349 g/mol. The van der Waals surface area contributed by atoms with Crippen molar-refractivity contribution in [3.8, 4) is 5.75 Å². The van der Waals surface area contributed by atoms with Gasteiger partial charge in [0.25, 0.3) is 0 Å². The van der Waals surface area contributed by atoms with Crippen LogP contribution in [0.25, 0.3) is 0 Å². The van der Waals surface area contributed by atoms with E-state index in [9.17, 15) is 0 Å². The molecule has 2 N–H and O–H groups in total. The number of para-hydroxylation sites is 2. The van der Waals surface area contributed by atoms with Gasteiger partial charge in [-0.2, -0.15) is 10.1 Å². The first-order valence-corrected chi connectivity index (χ1v) is 8.62. The number of benzene rings is 2. The molecule has 0 spiro atoms. The molecule has 0 aliphatic heterocycles. The quantitative estimate of drug-likeness (QED) is 0.662. The van der Waals surface area contributed by atoms with Crippen molar-refractivity contribution in [1.82, 2.24) is 15.2 Å². The van der Waals surface area contributed by atoms with E-state index in [2.05, 4.69) is 57.0 Å². The first kappa shape index (κ1) is 17.7. The van der Waals surface area contributed by atoms with Gasteiger partial charge in [0, 0.05) is 6.54 Å². The molecule has 0 aliphatic carbocycles. The summed E-state index contributed by atoms with van der Waals surface area (Å²) in [5.74, 6) is 1.85. The predicted octanol–water partition coefficient (Wildman–Crippen LogP) is 4.32. The molecule has 6 nitrogen and oxygen atoms in total. The molecular weight excluding hydrogens is 326 g/mol. The predicted molar refractivity (Wildman–Crippen MR) is 104 cm³/mol. The molecular formula is C20H23N5O. The first-order chi connectivity index (χ1) is 12.6. The zero-order valence-corrected chi connectivity index (χ0v) is 15.2. The number of aromatic nitrogens is 3. The lowest BCUT2D eigenvalue weighted by molar-refractivity contribution is 0.244. The van der Waals surface area contributed by atoms with Crippen LogP contribution in [0.5, 0.6) is 5.75 Å². The zero-order valence-electron chi connectivity index (χ0n) is 15.2. The van der Waals surface area contributed by atoms with Crippen LogP contribution in [-0.4, -0.2) is 21.3 Å². The van der Waals surface area contributed by atoms with Crippen molar-refractivity contribution in [2.24, 2.45) is 0 Å². The van der Waals surface area contributed by atoms with Gasteiger partial charge in [-0.3, -0.25) is 0 Å². The van der Waals surface area contributed by atoms with Gasteiger partial charge < -0.3 is 15.4 Å². The molecule has 2 aromatic carbocycles. The summed E-state index contributed by atoms with van der Waals surface area (Å²) in [6, 6.07) is 16.1. The van der Waals surface area contributed by atoms with Crippen LogP contribution in [0.2, 0.25) is 0 Å². The standard InChI is InChI=1S/C20H23N5O/c1-14(2)26-18-7-5-4-6-17(18)23-19-13-22-25-20(24-19)21-12-16-10-8-15(3)9-11-16/h4-11,13-14H,12H2,1-3H3,(H2,21,23,24,25). The van der Waals surface area contributed by atoms with Crippen molar-refractivity contribution in [2.45, 2.75) is 33.4 Å². The molecule has 1 aromatic heterocycles. The Balaban J connectivity index is 1.69. The molecule has 26 heavy (non-hydrogen) atoms. The van der Waals surface area contributed by atoms with Gasteiger partial charge in [0.05, 0.1) is 18.0 Å². The summed E-state index contributed by atoms with van der Waals surface area (Å²) in [4.78, 5) is 4.47. The van der Waals surface area contributed by atoms with Gasteiger partial charge in [-0.15, -0.1) is 5.10 Å². The van der Waals surface area contributed by atoms with Gasteiger partial charge in [-0.1, -0.05) is 42.0 Å². The van der Waals surface area contributed by atoms with Gasteiger partial charge in [0.15, 0.2) is 5.82 Å². The number of anilines is 3. The lowest BCUT2D eigenvalue weighted by atomic mass is 10.1. The van der Waals surface area contributed by atoms with E-state index in [1.54, 1.807) is 6.20 Å². The Morgan fingerprint density at radius 3 is 2.58 bits per heavy atom. The van der Waals surface area contributed by atoms with Gasteiger partial charge in [0.1, 0.15) is 5.75 Å². The van der Waals surface area contributed by atoms with Crippen LogP contribution in [0.4, 0.5) is 17.5 Å². The van der Waals surface area contributed by atoms with Crippen LogP contribution in [0.15, 0.2) is 54.7 Å². The van der Waals surface area contributed by atoms with Crippen molar-refractivity contribution >= 4 is 17.5 Å². The summed E-state index contributed by atoms with van der Waals surface area (Å²) in [6.45, 7) is 6.70. The third-order valence-corrected chi connectivity index (χ3v) is 3.64. The number of nitrogens with one attached hydrogen (secondary N) is 2. The number of nitrogens with zero attached hydrogens (tertiary/aromatic N) is 3. The lowest BCUT2D eigenvalue weighted by Gasteiger charge is -2.15. The van der Waals surface area contributed by atoms with Crippen LogP contribution in [0.1, 0.15) is 25.0 Å². The number of ether oxygens (including phenoxy) is 1. The third kappa shape index (κ3) is 4.92. The average Bonchev–Trinajstić information content (AvgIpc) is 2.63. The summed E-state index contributed by atoms with van der Waals surface area (Å²) in [5, 5.41) is 14.5. The van der Waals surface area contributed by atoms with Crippen LogP contribution < -0.4 is 15.4 Å². The number of rotatable bonds is 7. The van der Waals surface area contributed by atoms with E-state index < -0.39 is 0 Å². The summed E-state index contributed by atoms with van der Waals surface area (Å²) in [5.41, 5.74) is 3.24. The molecule has 6 heteroatoms. The highest BCUT2D eigenvalue weighted by molar-refractivity contribution is 5.64. The summed E-state index contributed by atoms with van der Waals surface area (Å²) < 4.78 is 5.82. The molecule has 134 valence electrons. The third-order valence-electron chi connectivity index (χ3n) is 3.64. The molecule has 1 heterocycles. The normalized spacial score (nSPS) is 10.6. The van der Waals surface area contributed by atoms with Crippen molar-refractivity contribution < 1.29 is 4.74 Å². The fraction of sp³-hybridized carbons (Fsp3) is 0.250. The smallest absolute Gasteiger partial charge is 0.244 e. The molecule has 0 fully saturated rings. The number of aryl methyl sites for hydroxylation is 1. The largest absolute Gasteiger partial charge is 0.489 e. The van der Waals surface area contributed by atoms with E-state index >= 15 is 0 Å². The first-order valence-electron chi connectivity index (χ1n) is 8.62. The minimum atomic E-state index is 0.0909. The van der Waals surface area contributed by atoms with Crippen LogP contribution >= 0.6 is 0 Å².